The molecule has 0 unspecified atom stereocenters. The van der Waals surface area contributed by atoms with Gasteiger partial charge in [0.15, 0.2) is 6.73 Å². The number of carbonyl (C=O) groups is 3. The first kappa shape index (κ1) is 23.9. The Hall–Kier alpha value is -3.34. The fraction of sp³-hybridized carbons (Fsp3) is 0.450. The van der Waals surface area contributed by atoms with Crippen molar-refractivity contribution in [3.05, 3.63) is 35.9 Å². The zero-order chi connectivity index (χ0) is 22.8. The lowest BCUT2D eigenvalue weighted by Gasteiger charge is -2.35. The number of halogens is 1. The van der Waals surface area contributed by atoms with Gasteiger partial charge in [-0.2, -0.15) is 0 Å². The minimum absolute atomic E-state index is 0.0432. The number of methoxy groups -OCH3 is 1. The minimum atomic E-state index is -0.598. The van der Waals surface area contributed by atoms with Crippen molar-refractivity contribution in [2.24, 2.45) is 5.73 Å². The number of likely N-dealkylation sites (N-methyl/N-ethyl adjacent to an activating group) is 1. The molecule has 10 nitrogen and oxygen atoms in total. The highest BCUT2D eigenvalue weighted by molar-refractivity contribution is 5.83. The third kappa shape index (κ3) is 7.45. The molecule has 0 bridgehead atoms. The minimum Gasteiger partial charge on any atom is -0.469 e. The molecule has 31 heavy (non-hydrogen) atoms. The molecule has 170 valence electrons. The van der Waals surface area contributed by atoms with E-state index in [2.05, 4.69) is 15.4 Å². The zero-order valence-electron chi connectivity index (χ0n) is 17.7. The Bertz CT molecular complexity index is 832. The monoisotopic (exact) mass is 437 g/mol. The van der Waals surface area contributed by atoms with Gasteiger partial charge >= 0.3 is 11.9 Å². The molecule has 2 rings (SSSR count). The van der Waals surface area contributed by atoms with Crippen LogP contribution in [0.15, 0.2) is 30.1 Å². The summed E-state index contributed by atoms with van der Waals surface area (Å²) in [6.45, 7) is 0.896. The number of nitrogens with two attached hydrogens (primary N) is 1. The smallest absolute Gasteiger partial charge is 0.308 e. The Morgan fingerprint density at radius 1 is 1.26 bits per heavy atom. The van der Waals surface area contributed by atoms with E-state index in [1.165, 1.54) is 18.1 Å². The second-order valence-electron chi connectivity index (χ2n) is 6.86. The Morgan fingerprint density at radius 2 is 2.00 bits per heavy atom. The molecular weight excluding hydrogens is 409 g/mol. The predicted octanol–water partition coefficient (Wildman–Crippen LogP) is 0.360. The zero-order valence-corrected chi connectivity index (χ0v) is 17.7. The van der Waals surface area contributed by atoms with Gasteiger partial charge in [0.2, 0.25) is 5.91 Å². The number of hydrogen-bond donors (Lipinski definition) is 3. The summed E-state index contributed by atoms with van der Waals surface area (Å²) in [5.41, 5.74) is 7.17. The van der Waals surface area contributed by atoms with Crippen molar-refractivity contribution in [3.63, 3.8) is 0 Å². The lowest BCUT2D eigenvalue weighted by molar-refractivity contribution is -0.155. The number of nitrogens with zero attached hydrogens (tertiary/aromatic N) is 2. The summed E-state index contributed by atoms with van der Waals surface area (Å²) in [5.74, 6) is -1.88. The molecule has 1 aliphatic heterocycles. The van der Waals surface area contributed by atoms with Gasteiger partial charge in [-0.3, -0.25) is 14.4 Å². The molecule has 1 aromatic rings. The Balaban J connectivity index is 1.86. The van der Waals surface area contributed by atoms with E-state index in [0.717, 1.165) is 0 Å². The number of ether oxygens (including phenoxy) is 2. The first-order valence-corrected chi connectivity index (χ1v) is 9.74. The number of rotatable bonds is 10. The van der Waals surface area contributed by atoms with Crippen LogP contribution in [-0.4, -0.2) is 69.8 Å². The van der Waals surface area contributed by atoms with Crippen molar-refractivity contribution in [2.75, 3.05) is 57.3 Å². The Labute approximate surface area is 180 Å². The van der Waals surface area contributed by atoms with Crippen LogP contribution in [0.5, 0.6) is 0 Å². The average molecular weight is 437 g/mol. The molecule has 0 atom stereocenters. The highest BCUT2D eigenvalue weighted by Crippen LogP contribution is 2.24. The van der Waals surface area contributed by atoms with E-state index in [0.29, 0.717) is 30.2 Å². The summed E-state index contributed by atoms with van der Waals surface area (Å²) >= 11 is 0. The van der Waals surface area contributed by atoms with Crippen molar-refractivity contribution in [3.8, 4) is 0 Å². The summed E-state index contributed by atoms with van der Waals surface area (Å²) in [4.78, 5) is 38.1. The van der Waals surface area contributed by atoms with Gasteiger partial charge in [0, 0.05) is 37.2 Å². The van der Waals surface area contributed by atoms with E-state index in [1.54, 1.807) is 30.3 Å². The van der Waals surface area contributed by atoms with E-state index < -0.39 is 17.8 Å². The van der Waals surface area contributed by atoms with Crippen molar-refractivity contribution in [2.45, 2.75) is 12.8 Å². The summed E-state index contributed by atoms with van der Waals surface area (Å²) in [6.07, 6.45) is 1.38. The quantitative estimate of drug-likeness (QED) is 0.445. The average Bonchev–Trinajstić information content (AvgIpc) is 2.75. The predicted molar refractivity (Wildman–Crippen MR) is 112 cm³/mol. The van der Waals surface area contributed by atoms with Crippen LogP contribution in [0.4, 0.5) is 15.8 Å². The third-order valence-corrected chi connectivity index (χ3v) is 4.55. The maximum atomic E-state index is 14.6. The Kier molecular flexibility index (Phi) is 9.07. The number of carbonyl (C=O) groups excluding carboxylic acids is 3. The first-order valence-electron chi connectivity index (χ1n) is 9.74. The topological polar surface area (TPSA) is 126 Å². The van der Waals surface area contributed by atoms with E-state index in [4.69, 9.17) is 10.5 Å². The maximum Gasteiger partial charge on any atom is 0.308 e. The molecule has 1 heterocycles. The molecule has 1 fully saturated rings. The van der Waals surface area contributed by atoms with Gasteiger partial charge in [-0.05, 0) is 25.2 Å². The van der Waals surface area contributed by atoms with Crippen LogP contribution in [0, 0.1) is 5.82 Å². The molecule has 0 spiro atoms. The van der Waals surface area contributed by atoms with Gasteiger partial charge in [-0.1, -0.05) is 0 Å². The standard InChI is InChI=1S/C20H28FN5O5/c1-23-10-14(22)11-24-15-3-4-17(16(21)9-15)25-7-8-26(18(27)12-25)13-31-20(29)6-5-19(28)30-2/h3-4,9,11,23-24H,5-8,10,12-13,22H2,1-2H3/b14-11-. The van der Waals surface area contributed by atoms with Crippen molar-refractivity contribution < 1.29 is 28.2 Å². The van der Waals surface area contributed by atoms with Crippen LogP contribution in [0.25, 0.3) is 0 Å². The summed E-state index contributed by atoms with van der Waals surface area (Å²) in [5, 5.41) is 5.83. The molecule has 4 N–H and O–H groups in total. The van der Waals surface area contributed by atoms with E-state index in [9.17, 15) is 18.8 Å². The number of hydrogen-bond acceptors (Lipinski definition) is 9. The number of benzene rings is 1. The van der Waals surface area contributed by atoms with Crippen LogP contribution in [0.2, 0.25) is 0 Å². The second-order valence-corrected chi connectivity index (χ2v) is 6.86. The number of anilines is 2. The molecule has 0 aromatic heterocycles. The Morgan fingerprint density at radius 3 is 2.65 bits per heavy atom. The van der Waals surface area contributed by atoms with Crippen LogP contribution < -0.4 is 21.3 Å². The number of nitrogens with one attached hydrogen (secondary N) is 2. The second kappa shape index (κ2) is 11.7. The van der Waals surface area contributed by atoms with Crippen LogP contribution in [-0.2, 0) is 23.9 Å². The maximum absolute atomic E-state index is 14.6. The molecule has 1 amide bonds. The SMILES string of the molecule is CNC/C(N)=C/Nc1ccc(N2CCN(COC(=O)CCC(=O)OC)C(=O)C2)c(F)c1. The van der Waals surface area contributed by atoms with Crippen molar-refractivity contribution in [1.82, 2.24) is 10.2 Å². The molecule has 1 aliphatic rings. The molecule has 1 saturated heterocycles. The number of piperazine rings is 1. The van der Waals surface area contributed by atoms with Gasteiger partial charge in [-0.15, -0.1) is 0 Å². The van der Waals surface area contributed by atoms with E-state index in [-0.39, 0.29) is 38.6 Å². The first-order chi connectivity index (χ1) is 14.8. The van der Waals surface area contributed by atoms with E-state index in [1.807, 2.05) is 0 Å². The highest BCUT2D eigenvalue weighted by atomic mass is 19.1. The van der Waals surface area contributed by atoms with Gasteiger partial charge in [0.1, 0.15) is 5.82 Å². The van der Waals surface area contributed by atoms with Crippen molar-refractivity contribution >= 4 is 29.2 Å². The normalized spacial score (nSPS) is 14.4. The van der Waals surface area contributed by atoms with Gasteiger partial charge < -0.3 is 35.6 Å². The summed E-state index contributed by atoms with van der Waals surface area (Å²) < 4.78 is 24.1. The summed E-state index contributed by atoms with van der Waals surface area (Å²) in [7, 11) is 3.00. The number of amides is 1. The van der Waals surface area contributed by atoms with Crippen LogP contribution >= 0.6 is 0 Å². The third-order valence-electron chi connectivity index (χ3n) is 4.55. The van der Waals surface area contributed by atoms with Crippen molar-refractivity contribution in [1.29, 1.82) is 0 Å². The largest absolute Gasteiger partial charge is 0.469 e. The molecule has 0 radical (unpaired) electrons. The number of esters is 2. The molecule has 1 aromatic carbocycles. The molecular formula is C20H28FN5O5. The van der Waals surface area contributed by atoms with E-state index >= 15 is 0 Å². The molecule has 0 aliphatic carbocycles. The lowest BCUT2D eigenvalue weighted by atomic mass is 10.2. The van der Waals surface area contributed by atoms with Gasteiger partial charge in [0.05, 0.1) is 32.2 Å². The highest BCUT2D eigenvalue weighted by Gasteiger charge is 2.26. The van der Waals surface area contributed by atoms with Crippen LogP contribution in [0.1, 0.15) is 12.8 Å². The summed E-state index contributed by atoms with van der Waals surface area (Å²) in [6, 6.07) is 4.62. The van der Waals surface area contributed by atoms with Crippen LogP contribution in [0.3, 0.4) is 0 Å². The fourth-order valence-electron chi connectivity index (χ4n) is 2.86. The fourth-order valence-corrected chi connectivity index (χ4v) is 2.86. The molecule has 11 heteroatoms. The van der Waals surface area contributed by atoms with Gasteiger partial charge in [-0.25, -0.2) is 4.39 Å². The van der Waals surface area contributed by atoms with Gasteiger partial charge in [0.25, 0.3) is 0 Å². The lowest BCUT2D eigenvalue weighted by Crippen LogP contribution is -2.51. The molecule has 0 saturated carbocycles.